The van der Waals surface area contributed by atoms with Crippen molar-refractivity contribution >= 4 is 37.2 Å². The van der Waals surface area contributed by atoms with Crippen molar-refractivity contribution < 1.29 is 0 Å². The zero-order valence-electron chi connectivity index (χ0n) is 16.5. The molecule has 3 nitrogen and oxygen atoms in total. The first kappa shape index (κ1) is 33.3. The van der Waals surface area contributed by atoms with Crippen molar-refractivity contribution in [2.75, 3.05) is 32.7 Å². The quantitative estimate of drug-likeness (QED) is 0.241. The van der Waals surface area contributed by atoms with Crippen molar-refractivity contribution in [3.8, 4) is 0 Å². The van der Waals surface area contributed by atoms with Crippen molar-refractivity contribution in [3.05, 3.63) is 0 Å². The molecule has 158 valence electrons. The van der Waals surface area contributed by atoms with Gasteiger partial charge in [0.05, 0.1) is 0 Å². The highest BCUT2D eigenvalue weighted by molar-refractivity contribution is 5.86. The van der Waals surface area contributed by atoms with Gasteiger partial charge in [-0.2, -0.15) is 0 Å². The van der Waals surface area contributed by atoms with Gasteiger partial charge in [0.2, 0.25) is 0 Å². The van der Waals surface area contributed by atoms with E-state index >= 15 is 0 Å². The Labute approximate surface area is 176 Å². The van der Waals surface area contributed by atoms with E-state index in [4.69, 9.17) is 5.73 Å². The maximum atomic E-state index is 5.45. The van der Waals surface area contributed by atoms with Crippen LogP contribution in [0.3, 0.4) is 0 Å². The molecule has 0 aliphatic rings. The number of unbranched alkanes of at least 4 members (excludes halogenated alkanes) is 10. The van der Waals surface area contributed by atoms with E-state index in [0.29, 0.717) is 0 Å². The normalized spacial score (nSPS) is 9.84. The lowest BCUT2D eigenvalue weighted by molar-refractivity contribution is 0.533. The molecule has 0 aliphatic carbocycles. The van der Waals surface area contributed by atoms with Crippen LogP contribution >= 0.6 is 37.2 Å². The first-order valence-electron chi connectivity index (χ1n) is 10.0. The van der Waals surface area contributed by atoms with Gasteiger partial charge in [0, 0.05) is 0 Å². The molecule has 0 heterocycles. The van der Waals surface area contributed by atoms with Gasteiger partial charge < -0.3 is 16.4 Å². The van der Waals surface area contributed by atoms with E-state index in [9.17, 15) is 0 Å². The van der Waals surface area contributed by atoms with E-state index in [1.54, 1.807) is 0 Å². The van der Waals surface area contributed by atoms with Crippen LogP contribution in [0, 0.1) is 0 Å². The van der Waals surface area contributed by atoms with Gasteiger partial charge in [0.15, 0.2) is 0 Å². The van der Waals surface area contributed by atoms with Crippen molar-refractivity contribution in [1.29, 1.82) is 0 Å². The number of hydrogen-bond acceptors (Lipinski definition) is 3. The summed E-state index contributed by atoms with van der Waals surface area (Å²) in [5, 5.41) is 6.99. The summed E-state index contributed by atoms with van der Waals surface area (Å²) >= 11 is 0. The Morgan fingerprint density at radius 2 is 0.800 bits per heavy atom. The Morgan fingerprint density at radius 3 is 1.20 bits per heavy atom. The minimum atomic E-state index is 0. The third-order valence-electron chi connectivity index (χ3n) is 4.22. The third kappa shape index (κ3) is 32.8. The highest BCUT2D eigenvalue weighted by atomic mass is 35.5. The van der Waals surface area contributed by atoms with Gasteiger partial charge >= 0.3 is 0 Å². The standard InChI is InChI=1S/C19H43N3.3ClH/c1-2-3-4-5-6-7-8-9-10-11-16-21-17-12-13-18-22-19-14-15-20;;;/h21-22H,2-20H2,1H3;3*1H. The van der Waals surface area contributed by atoms with Gasteiger partial charge in [0.1, 0.15) is 0 Å². The highest BCUT2D eigenvalue weighted by Gasteiger charge is 1.93. The van der Waals surface area contributed by atoms with Crippen LogP contribution in [0.5, 0.6) is 0 Å². The van der Waals surface area contributed by atoms with Crippen LogP contribution < -0.4 is 16.4 Å². The average Bonchev–Trinajstić information content (AvgIpc) is 2.54. The Kier molecular flexibility index (Phi) is 43.2. The summed E-state index contributed by atoms with van der Waals surface area (Å²) in [6.07, 6.45) is 17.9. The molecule has 0 fully saturated rings. The largest absolute Gasteiger partial charge is 0.330 e. The molecule has 0 radical (unpaired) electrons. The fraction of sp³-hybridized carbons (Fsp3) is 1.00. The molecule has 0 aromatic carbocycles. The lowest BCUT2D eigenvalue weighted by Crippen LogP contribution is -2.21. The van der Waals surface area contributed by atoms with Crippen molar-refractivity contribution in [3.63, 3.8) is 0 Å². The van der Waals surface area contributed by atoms with Gasteiger partial charge in [-0.25, -0.2) is 0 Å². The SMILES string of the molecule is CCCCCCCCCCCCNCCCCNCCCN.Cl.Cl.Cl. The van der Waals surface area contributed by atoms with Crippen LogP contribution in [-0.2, 0) is 0 Å². The molecule has 25 heavy (non-hydrogen) atoms. The first-order valence-corrected chi connectivity index (χ1v) is 10.0. The molecule has 0 aliphatic heterocycles. The molecule has 0 saturated carbocycles. The Bertz CT molecular complexity index is 179. The monoisotopic (exact) mass is 421 g/mol. The van der Waals surface area contributed by atoms with E-state index in [2.05, 4.69) is 17.6 Å². The average molecular weight is 423 g/mol. The molecular formula is C19H46Cl3N3. The van der Waals surface area contributed by atoms with E-state index in [1.165, 1.54) is 90.1 Å². The Morgan fingerprint density at radius 1 is 0.480 bits per heavy atom. The molecule has 0 bridgehead atoms. The lowest BCUT2D eigenvalue weighted by Gasteiger charge is -2.06. The summed E-state index contributed by atoms with van der Waals surface area (Å²) in [5.74, 6) is 0. The number of rotatable bonds is 19. The van der Waals surface area contributed by atoms with Crippen molar-refractivity contribution in [2.24, 2.45) is 5.73 Å². The summed E-state index contributed by atoms with van der Waals surface area (Å²) in [6, 6.07) is 0. The second-order valence-electron chi connectivity index (χ2n) is 6.53. The highest BCUT2D eigenvalue weighted by Crippen LogP contribution is 2.10. The predicted molar refractivity (Wildman–Crippen MR) is 122 cm³/mol. The molecule has 6 heteroatoms. The topological polar surface area (TPSA) is 50.1 Å². The molecular weight excluding hydrogens is 377 g/mol. The van der Waals surface area contributed by atoms with Crippen molar-refractivity contribution in [1.82, 2.24) is 10.6 Å². The number of nitrogens with one attached hydrogen (secondary N) is 2. The van der Waals surface area contributed by atoms with Crippen molar-refractivity contribution in [2.45, 2.75) is 90.4 Å². The molecule has 0 saturated heterocycles. The second-order valence-corrected chi connectivity index (χ2v) is 6.53. The molecule has 0 aromatic rings. The van der Waals surface area contributed by atoms with Gasteiger partial charge in [-0.1, -0.05) is 64.7 Å². The predicted octanol–water partition coefficient (Wildman–Crippen LogP) is 5.48. The van der Waals surface area contributed by atoms with Crippen LogP contribution in [0.25, 0.3) is 0 Å². The van der Waals surface area contributed by atoms with Crippen LogP contribution in [0.4, 0.5) is 0 Å². The number of nitrogens with two attached hydrogens (primary N) is 1. The fourth-order valence-corrected chi connectivity index (χ4v) is 2.71. The fourth-order valence-electron chi connectivity index (χ4n) is 2.71. The van der Waals surface area contributed by atoms with Crippen LogP contribution in [0.15, 0.2) is 0 Å². The summed E-state index contributed by atoms with van der Waals surface area (Å²) in [6.45, 7) is 7.68. The minimum absolute atomic E-state index is 0. The molecule has 0 unspecified atom stereocenters. The van der Waals surface area contributed by atoms with E-state index in [1.807, 2.05) is 0 Å². The molecule has 0 rings (SSSR count). The van der Waals surface area contributed by atoms with Gasteiger partial charge in [-0.15, -0.1) is 37.2 Å². The van der Waals surface area contributed by atoms with Crippen LogP contribution in [0.1, 0.15) is 90.4 Å². The summed E-state index contributed by atoms with van der Waals surface area (Å²) in [5.41, 5.74) is 5.45. The van der Waals surface area contributed by atoms with E-state index in [-0.39, 0.29) is 37.2 Å². The van der Waals surface area contributed by atoms with Gasteiger partial charge in [-0.05, 0) is 58.4 Å². The minimum Gasteiger partial charge on any atom is -0.330 e. The first-order chi connectivity index (χ1) is 10.9. The summed E-state index contributed by atoms with van der Waals surface area (Å²) in [7, 11) is 0. The molecule has 0 atom stereocenters. The zero-order valence-corrected chi connectivity index (χ0v) is 19.0. The maximum absolute atomic E-state index is 5.45. The van der Waals surface area contributed by atoms with Gasteiger partial charge in [0.25, 0.3) is 0 Å². The molecule has 0 amide bonds. The number of hydrogen-bond donors (Lipinski definition) is 3. The molecule has 0 aromatic heterocycles. The lowest BCUT2D eigenvalue weighted by atomic mass is 10.1. The van der Waals surface area contributed by atoms with E-state index < -0.39 is 0 Å². The maximum Gasteiger partial charge on any atom is -0.00369 e. The van der Waals surface area contributed by atoms with Gasteiger partial charge in [-0.3, -0.25) is 0 Å². The van der Waals surface area contributed by atoms with Crippen LogP contribution in [0.2, 0.25) is 0 Å². The van der Waals surface area contributed by atoms with E-state index in [0.717, 1.165) is 26.1 Å². The summed E-state index contributed by atoms with van der Waals surface area (Å²) in [4.78, 5) is 0. The zero-order chi connectivity index (χ0) is 16.1. The third-order valence-corrected chi connectivity index (χ3v) is 4.22. The number of halogens is 3. The Balaban J connectivity index is -0.000000735. The smallest absolute Gasteiger partial charge is 0.00369 e. The summed E-state index contributed by atoms with van der Waals surface area (Å²) < 4.78 is 0. The second kappa shape index (κ2) is 32.4. The molecule has 4 N–H and O–H groups in total. The Hall–Kier alpha value is 0.750. The molecule has 0 spiro atoms. The van der Waals surface area contributed by atoms with Crippen LogP contribution in [-0.4, -0.2) is 32.7 Å².